The second kappa shape index (κ2) is 10.4. The lowest BCUT2D eigenvalue weighted by molar-refractivity contribution is -0.120. The Hall–Kier alpha value is -2.91. The number of rotatable bonds is 7. The lowest BCUT2D eigenvalue weighted by atomic mass is 9.79. The Balaban J connectivity index is 1.20. The van der Waals surface area contributed by atoms with Crippen LogP contribution in [0.15, 0.2) is 42.9 Å². The van der Waals surface area contributed by atoms with Crippen LogP contribution < -0.4 is 10.6 Å². The topological polar surface area (TPSA) is 107 Å². The van der Waals surface area contributed by atoms with Crippen molar-refractivity contribution in [2.75, 3.05) is 19.6 Å². The van der Waals surface area contributed by atoms with Crippen molar-refractivity contribution in [3.63, 3.8) is 0 Å². The quantitative estimate of drug-likeness (QED) is 0.587. The number of halogens is 1. The minimum Gasteiger partial charge on any atom is -0.384 e. The van der Waals surface area contributed by atoms with Crippen molar-refractivity contribution < 1.29 is 19.1 Å². The van der Waals surface area contributed by atoms with Crippen LogP contribution in [0, 0.1) is 0 Å². The van der Waals surface area contributed by atoms with Gasteiger partial charge in [-0.3, -0.25) is 14.5 Å². The standard InChI is InChI=1S/C24H30FN5O3/c25-13-17-2-1-3-18(12-17)23(32)27-14-22(31)29-19-7-11-30(15-19)20-4-8-24(33,9-5-20)21-6-10-26-16-28-21/h1-3,6,10,12,16,19-20,33H,4-5,7-9,11,13-15H2,(H,27,32)(H,29,31)/t19-,20?,24?/m1/s1. The predicted octanol–water partition coefficient (Wildman–Crippen LogP) is 1.70. The molecular weight excluding hydrogens is 425 g/mol. The highest BCUT2D eigenvalue weighted by molar-refractivity contribution is 5.96. The van der Waals surface area contributed by atoms with E-state index >= 15 is 0 Å². The van der Waals surface area contributed by atoms with Gasteiger partial charge in [-0.25, -0.2) is 14.4 Å². The number of nitrogens with zero attached hydrogens (tertiary/aromatic N) is 3. The van der Waals surface area contributed by atoms with Crippen molar-refractivity contribution in [1.29, 1.82) is 0 Å². The van der Waals surface area contributed by atoms with Crippen LogP contribution in [0.5, 0.6) is 0 Å². The molecule has 2 fully saturated rings. The van der Waals surface area contributed by atoms with Gasteiger partial charge in [0.1, 0.15) is 18.6 Å². The molecule has 1 saturated carbocycles. The Bertz CT molecular complexity index is 966. The molecule has 1 atom stereocenters. The van der Waals surface area contributed by atoms with Gasteiger partial charge in [0, 0.05) is 36.9 Å². The molecule has 2 aliphatic rings. The molecule has 4 rings (SSSR count). The molecule has 0 bridgehead atoms. The van der Waals surface area contributed by atoms with Crippen LogP contribution in [0.4, 0.5) is 4.39 Å². The Morgan fingerprint density at radius 2 is 2.03 bits per heavy atom. The summed E-state index contributed by atoms with van der Waals surface area (Å²) in [6, 6.07) is 8.49. The number of hydrogen-bond acceptors (Lipinski definition) is 6. The van der Waals surface area contributed by atoms with Crippen LogP contribution in [0.2, 0.25) is 0 Å². The van der Waals surface area contributed by atoms with Crippen LogP contribution in [-0.2, 0) is 17.1 Å². The fourth-order valence-corrected chi connectivity index (χ4v) is 4.84. The van der Waals surface area contributed by atoms with Gasteiger partial charge in [-0.05, 0) is 55.9 Å². The molecule has 1 aromatic carbocycles. The lowest BCUT2D eigenvalue weighted by Crippen LogP contribution is -2.45. The monoisotopic (exact) mass is 455 g/mol. The molecule has 2 heterocycles. The van der Waals surface area contributed by atoms with Gasteiger partial charge in [-0.2, -0.15) is 0 Å². The maximum atomic E-state index is 12.8. The third-order valence-corrected chi connectivity index (χ3v) is 6.70. The molecule has 0 unspecified atom stereocenters. The first-order valence-corrected chi connectivity index (χ1v) is 11.4. The van der Waals surface area contributed by atoms with Crippen LogP contribution in [0.3, 0.4) is 0 Å². The van der Waals surface area contributed by atoms with Gasteiger partial charge < -0.3 is 15.7 Å². The SMILES string of the molecule is O=C(CNC(=O)c1cccc(CF)c1)N[C@@H]1CCN(C2CCC(O)(c3ccncn3)CC2)C1. The first-order chi connectivity index (χ1) is 16.0. The van der Waals surface area contributed by atoms with Gasteiger partial charge in [0.15, 0.2) is 0 Å². The normalized spacial score (nSPS) is 25.5. The summed E-state index contributed by atoms with van der Waals surface area (Å²) in [5, 5.41) is 16.6. The number of nitrogens with one attached hydrogen (secondary N) is 2. The number of carbonyl (C=O) groups is 2. The molecule has 8 nitrogen and oxygen atoms in total. The summed E-state index contributed by atoms with van der Waals surface area (Å²) in [7, 11) is 0. The molecule has 0 spiro atoms. The summed E-state index contributed by atoms with van der Waals surface area (Å²) in [4.78, 5) is 35.1. The Labute approximate surface area is 192 Å². The zero-order valence-corrected chi connectivity index (χ0v) is 18.5. The minimum absolute atomic E-state index is 0.0342. The maximum absolute atomic E-state index is 12.8. The van der Waals surface area contributed by atoms with Crippen LogP contribution in [0.25, 0.3) is 0 Å². The average molecular weight is 456 g/mol. The summed E-state index contributed by atoms with van der Waals surface area (Å²) in [6.07, 6.45) is 7.02. The van der Waals surface area contributed by atoms with E-state index in [-0.39, 0.29) is 18.5 Å². The van der Waals surface area contributed by atoms with Gasteiger partial charge >= 0.3 is 0 Å². The highest BCUT2D eigenvalue weighted by Gasteiger charge is 2.39. The molecule has 1 aliphatic carbocycles. The molecular formula is C24H30FN5O3. The van der Waals surface area contributed by atoms with Gasteiger partial charge in [-0.15, -0.1) is 0 Å². The molecule has 3 N–H and O–H groups in total. The predicted molar refractivity (Wildman–Crippen MR) is 120 cm³/mol. The fraction of sp³-hybridized carbons (Fsp3) is 0.500. The summed E-state index contributed by atoms with van der Waals surface area (Å²) in [5.41, 5.74) is 0.552. The van der Waals surface area contributed by atoms with Gasteiger partial charge in [-0.1, -0.05) is 12.1 Å². The smallest absolute Gasteiger partial charge is 0.251 e. The van der Waals surface area contributed by atoms with E-state index in [4.69, 9.17) is 0 Å². The van der Waals surface area contributed by atoms with E-state index in [1.165, 1.54) is 12.4 Å². The highest BCUT2D eigenvalue weighted by Crippen LogP contribution is 2.38. The number of aliphatic hydroxyl groups is 1. The summed E-state index contributed by atoms with van der Waals surface area (Å²) >= 11 is 0. The fourth-order valence-electron chi connectivity index (χ4n) is 4.84. The van der Waals surface area contributed by atoms with Crippen LogP contribution >= 0.6 is 0 Å². The lowest BCUT2D eigenvalue weighted by Gasteiger charge is -2.39. The number of benzene rings is 1. The molecule has 2 aromatic rings. The van der Waals surface area contributed by atoms with Crippen molar-refractivity contribution in [2.24, 2.45) is 0 Å². The Kier molecular flexibility index (Phi) is 7.29. The van der Waals surface area contributed by atoms with Gasteiger partial charge in [0.05, 0.1) is 12.2 Å². The molecule has 176 valence electrons. The molecule has 1 aliphatic heterocycles. The molecule has 0 radical (unpaired) electrons. The molecule has 1 aromatic heterocycles. The first kappa shape index (κ1) is 23.3. The van der Waals surface area contributed by atoms with Gasteiger partial charge in [0.2, 0.25) is 5.91 Å². The van der Waals surface area contributed by atoms with Crippen molar-refractivity contribution in [2.45, 2.75) is 56.5 Å². The summed E-state index contributed by atoms with van der Waals surface area (Å²) < 4.78 is 12.8. The second-order valence-corrected chi connectivity index (χ2v) is 8.92. The number of likely N-dealkylation sites (tertiary alicyclic amines) is 1. The number of amides is 2. The van der Waals surface area contributed by atoms with Crippen molar-refractivity contribution in [3.05, 3.63) is 59.7 Å². The van der Waals surface area contributed by atoms with E-state index in [1.54, 1.807) is 30.5 Å². The summed E-state index contributed by atoms with van der Waals surface area (Å²) in [5.74, 6) is -0.634. The van der Waals surface area contributed by atoms with Crippen molar-refractivity contribution >= 4 is 11.8 Å². The number of hydrogen-bond donors (Lipinski definition) is 3. The Morgan fingerprint density at radius 1 is 1.21 bits per heavy atom. The van der Waals surface area contributed by atoms with Crippen molar-refractivity contribution in [1.82, 2.24) is 25.5 Å². The van der Waals surface area contributed by atoms with Crippen LogP contribution in [0.1, 0.15) is 53.7 Å². The third kappa shape index (κ3) is 5.72. The minimum atomic E-state index is -0.894. The van der Waals surface area contributed by atoms with E-state index in [0.29, 0.717) is 35.7 Å². The molecule has 33 heavy (non-hydrogen) atoms. The van der Waals surface area contributed by atoms with E-state index in [0.717, 1.165) is 32.4 Å². The number of alkyl halides is 1. The molecule has 1 saturated heterocycles. The van der Waals surface area contributed by atoms with Gasteiger partial charge in [0.25, 0.3) is 5.91 Å². The summed E-state index contributed by atoms with van der Waals surface area (Å²) in [6.45, 7) is 0.893. The highest BCUT2D eigenvalue weighted by atomic mass is 19.1. The zero-order valence-electron chi connectivity index (χ0n) is 18.5. The molecule has 9 heteroatoms. The first-order valence-electron chi connectivity index (χ1n) is 11.4. The average Bonchev–Trinajstić information content (AvgIpc) is 3.32. The Morgan fingerprint density at radius 3 is 2.76 bits per heavy atom. The van der Waals surface area contributed by atoms with E-state index in [2.05, 4.69) is 25.5 Å². The van der Waals surface area contributed by atoms with Crippen LogP contribution in [-0.4, -0.2) is 63.5 Å². The zero-order chi connectivity index (χ0) is 23.3. The largest absolute Gasteiger partial charge is 0.384 e. The molecule has 2 amide bonds. The number of aromatic nitrogens is 2. The second-order valence-electron chi connectivity index (χ2n) is 8.92. The number of carbonyl (C=O) groups excluding carboxylic acids is 2. The third-order valence-electron chi connectivity index (χ3n) is 6.70. The van der Waals surface area contributed by atoms with E-state index < -0.39 is 18.2 Å². The van der Waals surface area contributed by atoms with E-state index in [9.17, 15) is 19.1 Å². The van der Waals surface area contributed by atoms with E-state index in [1.807, 2.05) is 0 Å². The maximum Gasteiger partial charge on any atom is 0.251 e. The van der Waals surface area contributed by atoms with Crippen molar-refractivity contribution in [3.8, 4) is 0 Å².